The van der Waals surface area contributed by atoms with E-state index < -0.39 is 10.0 Å². The van der Waals surface area contributed by atoms with Crippen LogP contribution in [0, 0.1) is 0 Å². The van der Waals surface area contributed by atoms with Crippen LogP contribution in [0.25, 0.3) is 0 Å². The average molecular weight is 255 g/mol. The van der Waals surface area contributed by atoms with Crippen LogP contribution in [0.1, 0.15) is 12.8 Å². The van der Waals surface area contributed by atoms with Gasteiger partial charge in [-0.05, 0) is 12.8 Å². The van der Waals surface area contributed by atoms with Crippen molar-refractivity contribution in [2.75, 3.05) is 39.8 Å². The fraction of sp³-hybridized carbons (Fsp3) is 1.00. The predicted molar refractivity (Wildman–Crippen MR) is 60.8 cm³/mol. The van der Waals surface area contributed by atoms with Gasteiger partial charge in [-0.15, -0.1) is 0 Å². The number of methoxy groups -OCH3 is 2. The van der Waals surface area contributed by atoms with E-state index in [1.165, 1.54) is 14.2 Å². The summed E-state index contributed by atoms with van der Waals surface area (Å²) in [6.45, 7) is 0.592. The lowest BCUT2D eigenvalue weighted by Crippen LogP contribution is -2.40. The standard InChI is InChI=1S/C9H21NO5S/c1-14-6-3-7-16(12,13)10-9(4-5-11)8-15-2/h9-11H,3-8H2,1-2H3. The lowest BCUT2D eigenvalue weighted by molar-refractivity contribution is 0.157. The maximum Gasteiger partial charge on any atom is 0.212 e. The molecule has 2 N–H and O–H groups in total. The number of aliphatic hydroxyl groups excluding tert-OH is 1. The molecular weight excluding hydrogens is 234 g/mol. The summed E-state index contributed by atoms with van der Waals surface area (Å²) < 4.78 is 35.3. The molecule has 98 valence electrons. The van der Waals surface area contributed by atoms with E-state index in [2.05, 4.69) is 4.72 Å². The van der Waals surface area contributed by atoms with Gasteiger partial charge in [-0.1, -0.05) is 0 Å². The van der Waals surface area contributed by atoms with E-state index in [1.807, 2.05) is 0 Å². The summed E-state index contributed by atoms with van der Waals surface area (Å²) in [6.07, 6.45) is 0.794. The maximum absolute atomic E-state index is 11.6. The Morgan fingerprint density at radius 1 is 1.31 bits per heavy atom. The van der Waals surface area contributed by atoms with E-state index >= 15 is 0 Å². The van der Waals surface area contributed by atoms with Crippen LogP contribution in [-0.2, 0) is 19.5 Å². The summed E-state index contributed by atoms with van der Waals surface area (Å²) in [5, 5.41) is 8.76. The SMILES string of the molecule is COCCCS(=O)(=O)NC(CCO)COC. The van der Waals surface area contributed by atoms with Gasteiger partial charge in [0.15, 0.2) is 0 Å². The zero-order valence-electron chi connectivity index (χ0n) is 9.81. The summed E-state index contributed by atoms with van der Waals surface area (Å²) in [5.74, 6) is 0.0203. The molecule has 0 heterocycles. The Bertz CT molecular complexity index is 249. The first-order valence-corrected chi connectivity index (χ1v) is 6.79. The summed E-state index contributed by atoms with van der Waals surface area (Å²) in [7, 11) is -0.302. The summed E-state index contributed by atoms with van der Waals surface area (Å²) in [4.78, 5) is 0. The van der Waals surface area contributed by atoms with Crippen LogP contribution in [0.2, 0.25) is 0 Å². The zero-order valence-corrected chi connectivity index (χ0v) is 10.6. The molecule has 1 unspecified atom stereocenters. The number of hydrogen-bond donors (Lipinski definition) is 2. The summed E-state index contributed by atoms with van der Waals surface area (Å²) in [5.41, 5.74) is 0. The van der Waals surface area contributed by atoms with E-state index in [0.717, 1.165) is 0 Å². The number of aliphatic hydroxyl groups is 1. The Labute approximate surface area is 97.0 Å². The fourth-order valence-corrected chi connectivity index (χ4v) is 2.55. The van der Waals surface area contributed by atoms with Crippen molar-refractivity contribution in [3.8, 4) is 0 Å². The third-order valence-corrected chi connectivity index (χ3v) is 3.47. The molecule has 0 amide bonds. The molecule has 0 radical (unpaired) electrons. The molecular formula is C9H21NO5S. The minimum atomic E-state index is -3.32. The summed E-state index contributed by atoms with van der Waals surface area (Å²) in [6, 6.07) is -0.373. The van der Waals surface area contributed by atoms with Gasteiger partial charge in [0.2, 0.25) is 10.0 Å². The molecule has 0 aromatic carbocycles. The Balaban J connectivity index is 4.08. The lowest BCUT2D eigenvalue weighted by Gasteiger charge is -2.16. The van der Waals surface area contributed by atoms with Crippen LogP contribution >= 0.6 is 0 Å². The molecule has 0 rings (SSSR count). The second kappa shape index (κ2) is 8.89. The fourth-order valence-electron chi connectivity index (χ4n) is 1.24. The van der Waals surface area contributed by atoms with Gasteiger partial charge in [-0.2, -0.15) is 0 Å². The molecule has 0 fully saturated rings. The van der Waals surface area contributed by atoms with Crippen molar-refractivity contribution in [3.05, 3.63) is 0 Å². The lowest BCUT2D eigenvalue weighted by atomic mass is 10.2. The topological polar surface area (TPSA) is 84.9 Å². The van der Waals surface area contributed by atoms with Crippen LogP contribution in [0.4, 0.5) is 0 Å². The van der Waals surface area contributed by atoms with Crippen LogP contribution in [0.3, 0.4) is 0 Å². The maximum atomic E-state index is 11.6. The Morgan fingerprint density at radius 2 is 2.00 bits per heavy atom. The number of hydrogen-bond acceptors (Lipinski definition) is 5. The van der Waals surface area contributed by atoms with Gasteiger partial charge in [0.25, 0.3) is 0 Å². The molecule has 7 heteroatoms. The van der Waals surface area contributed by atoms with Crippen molar-refractivity contribution in [3.63, 3.8) is 0 Å². The second-order valence-electron chi connectivity index (χ2n) is 3.45. The molecule has 16 heavy (non-hydrogen) atoms. The van der Waals surface area contributed by atoms with Crippen LogP contribution in [0.5, 0.6) is 0 Å². The normalized spacial score (nSPS) is 13.9. The molecule has 0 aliphatic carbocycles. The number of nitrogens with one attached hydrogen (secondary N) is 1. The predicted octanol–water partition coefficient (Wildman–Crippen LogP) is -0.660. The zero-order chi connectivity index (χ0) is 12.4. The quantitative estimate of drug-likeness (QED) is 0.506. The number of rotatable bonds is 10. The van der Waals surface area contributed by atoms with Gasteiger partial charge in [-0.25, -0.2) is 13.1 Å². The molecule has 0 aliphatic rings. The van der Waals surface area contributed by atoms with Crippen LogP contribution in [-0.4, -0.2) is 59.4 Å². The van der Waals surface area contributed by atoms with Crippen molar-refractivity contribution < 1.29 is 23.0 Å². The Morgan fingerprint density at radius 3 is 2.50 bits per heavy atom. The highest BCUT2D eigenvalue weighted by molar-refractivity contribution is 7.89. The van der Waals surface area contributed by atoms with E-state index in [-0.39, 0.29) is 25.0 Å². The molecule has 6 nitrogen and oxygen atoms in total. The largest absolute Gasteiger partial charge is 0.396 e. The third-order valence-electron chi connectivity index (χ3n) is 1.95. The number of sulfonamides is 1. The van der Waals surface area contributed by atoms with Crippen molar-refractivity contribution in [1.29, 1.82) is 0 Å². The first-order valence-electron chi connectivity index (χ1n) is 5.14. The van der Waals surface area contributed by atoms with Gasteiger partial charge in [0, 0.05) is 33.5 Å². The highest BCUT2D eigenvalue weighted by atomic mass is 32.2. The third kappa shape index (κ3) is 8.00. The molecule has 0 aromatic heterocycles. The first-order chi connectivity index (χ1) is 7.55. The van der Waals surface area contributed by atoms with Crippen molar-refractivity contribution in [2.45, 2.75) is 18.9 Å². The van der Waals surface area contributed by atoms with Gasteiger partial charge < -0.3 is 14.6 Å². The smallest absolute Gasteiger partial charge is 0.212 e. The van der Waals surface area contributed by atoms with Gasteiger partial charge >= 0.3 is 0 Å². The van der Waals surface area contributed by atoms with E-state index in [4.69, 9.17) is 14.6 Å². The van der Waals surface area contributed by atoms with Crippen LogP contribution < -0.4 is 4.72 Å². The average Bonchev–Trinajstić information content (AvgIpc) is 2.18. The Kier molecular flexibility index (Phi) is 8.77. The van der Waals surface area contributed by atoms with E-state index in [9.17, 15) is 8.42 Å². The van der Waals surface area contributed by atoms with Crippen molar-refractivity contribution in [2.24, 2.45) is 0 Å². The van der Waals surface area contributed by atoms with Crippen molar-refractivity contribution >= 4 is 10.0 Å². The van der Waals surface area contributed by atoms with Crippen LogP contribution in [0.15, 0.2) is 0 Å². The first kappa shape index (κ1) is 15.8. The van der Waals surface area contributed by atoms with Gasteiger partial charge in [0.05, 0.1) is 12.4 Å². The number of ether oxygens (including phenoxy) is 2. The molecule has 0 aromatic rings. The van der Waals surface area contributed by atoms with Crippen molar-refractivity contribution in [1.82, 2.24) is 4.72 Å². The molecule has 0 bridgehead atoms. The monoisotopic (exact) mass is 255 g/mol. The molecule has 0 spiro atoms. The van der Waals surface area contributed by atoms with Gasteiger partial charge in [0.1, 0.15) is 0 Å². The molecule has 1 atom stereocenters. The molecule has 0 saturated heterocycles. The molecule has 0 saturated carbocycles. The highest BCUT2D eigenvalue weighted by Crippen LogP contribution is 1.98. The Hall–Kier alpha value is -0.210. The van der Waals surface area contributed by atoms with E-state index in [1.54, 1.807) is 0 Å². The minimum Gasteiger partial charge on any atom is -0.396 e. The molecule has 0 aliphatic heterocycles. The summed E-state index contributed by atoms with van der Waals surface area (Å²) >= 11 is 0. The highest BCUT2D eigenvalue weighted by Gasteiger charge is 2.16. The second-order valence-corrected chi connectivity index (χ2v) is 5.32. The minimum absolute atomic E-state index is 0.0203. The van der Waals surface area contributed by atoms with Gasteiger partial charge in [-0.3, -0.25) is 0 Å². The van der Waals surface area contributed by atoms with E-state index in [0.29, 0.717) is 19.4 Å².